The van der Waals surface area contributed by atoms with Crippen LogP contribution in [0.2, 0.25) is 0 Å². The van der Waals surface area contributed by atoms with Gasteiger partial charge < -0.3 is 0 Å². The predicted molar refractivity (Wildman–Crippen MR) is 134 cm³/mol. The molecule has 0 amide bonds. The first-order chi connectivity index (χ1) is 13.2. The summed E-state index contributed by atoms with van der Waals surface area (Å²) in [6.07, 6.45) is 3.69. The van der Waals surface area contributed by atoms with Crippen molar-refractivity contribution in [2.75, 3.05) is 0 Å². The lowest BCUT2D eigenvalue weighted by Gasteiger charge is -2.37. The first-order valence-corrected chi connectivity index (χ1v) is 13.5. The minimum absolute atomic E-state index is 0.205. The van der Waals surface area contributed by atoms with Gasteiger partial charge in [-0.15, -0.1) is 104 Å². The molecule has 0 N–H and O–H groups in total. The zero-order valence-corrected chi connectivity index (χ0v) is 23.6. The molecule has 0 aromatic heterocycles. The van der Waals surface area contributed by atoms with Crippen LogP contribution in [0.25, 0.3) is 0 Å². The topological polar surface area (TPSA) is 0 Å². The Morgan fingerprint density at radius 1 is 0.552 bits per heavy atom. The van der Waals surface area contributed by atoms with Gasteiger partial charge >= 0.3 is 0 Å². The molecule has 0 aliphatic heterocycles. The third kappa shape index (κ3) is 3.59. The first-order valence-electron chi connectivity index (χ1n) is 8.16. The van der Waals surface area contributed by atoms with Gasteiger partial charge in [0.05, 0.1) is 47.7 Å². The Morgan fingerprint density at radius 3 is 1.28 bits per heavy atom. The molecule has 13 heteroatoms. The van der Waals surface area contributed by atoms with E-state index in [-0.39, 0.29) is 27.3 Å². The first kappa shape index (κ1) is 26.8. The van der Waals surface area contributed by atoms with E-state index in [0.717, 1.165) is 0 Å². The van der Waals surface area contributed by atoms with Gasteiger partial charge in [0.25, 0.3) is 0 Å². The molecule has 0 aromatic rings. The molecule has 0 heterocycles. The molecule has 2 fully saturated rings. The lowest BCUT2D eigenvalue weighted by molar-refractivity contribution is 0.420. The standard InChI is InChI=1S/C10H5Cl7.C6H6Cl6/c11-4-2-1-3-5(4)9(15)7(13)6(12)8(3,14)10(9,16)17;7-1-2(8)4(10)6(12)5(11)3(1)9/h1-5H;1-6H/t;1-,2-,3-,4+,5+,6+. The highest BCUT2D eigenvalue weighted by Gasteiger charge is 2.83. The van der Waals surface area contributed by atoms with Crippen molar-refractivity contribution in [1.29, 1.82) is 0 Å². The number of allylic oxidation sites excluding steroid dienone is 4. The maximum Gasteiger partial charge on any atom is 0.167 e. The van der Waals surface area contributed by atoms with Gasteiger partial charge in [-0.05, 0) is 0 Å². The normalized spacial score (nSPS) is 55.0. The van der Waals surface area contributed by atoms with E-state index in [1.807, 2.05) is 12.2 Å². The second kappa shape index (κ2) is 9.04. The third-order valence-electron chi connectivity index (χ3n) is 5.72. The molecule has 5 unspecified atom stereocenters. The van der Waals surface area contributed by atoms with Gasteiger partial charge in [-0.2, -0.15) is 0 Å². The van der Waals surface area contributed by atoms with E-state index in [4.69, 9.17) is 151 Å². The lowest BCUT2D eigenvalue weighted by atomic mass is 9.84. The third-order valence-corrected chi connectivity index (χ3v) is 14.5. The molecule has 166 valence electrons. The van der Waals surface area contributed by atoms with Crippen molar-refractivity contribution in [3.63, 3.8) is 0 Å². The fourth-order valence-corrected chi connectivity index (χ4v) is 9.98. The number of fused-ring (bicyclic) bond motifs is 5. The average molecular weight is 664 g/mol. The Morgan fingerprint density at radius 2 is 0.897 bits per heavy atom. The van der Waals surface area contributed by atoms with Crippen LogP contribution >= 0.6 is 151 Å². The Balaban J connectivity index is 0.000000177. The van der Waals surface area contributed by atoms with Crippen molar-refractivity contribution in [2.45, 2.75) is 51.7 Å². The molecule has 4 aliphatic rings. The monoisotopic (exact) mass is 658 g/mol. The highest BCUT2D eigenvalue weighted by atomic mass is 35.5. The van der Waals surface area contributed by atoms with Gasteiger partial charge in [0, 0.05) is 11.8 Å². The number of hydrogen-bond donors (Lipinski definition) is 0. The minimum Gasteiger partial charge on any atom is -0.120 e. The van der Waals surface area contributed by atoms with Crippen molar-refractivity contribution < 1.29 is 0 Å². The highest BCUT2D eigenvalue weighted by molar-refractivity contribution is 6.66. The van der Waals surface area contributed by atoms with Crippen LogP contribution in [-0.2, 0) is 0 Å². The largest absolute Gasteiger partial charge is 0.167 e. The van der Waals surface area contributed by atoms with Crippen LogP contribution in [0.5, 0.6) is 0 Å². The molecule has 5 atom stereocenters. The van der Waals surface area contributed by atoms with Crippen LogP contribution in [0, 0.1) is 11.8 Å². The zero-order chi connectivity index (χ0) is 22.3. The number of halogens is 13. The highest BCUT2D eigenvalue weighted by Crippen LogP contribution is 2.78. The molecular weight excluding hydrogens is 653 g/mol. The van der Waals surface area contributed by atoms with E-state index in [2.05, 4.69) is 0 Å². The van der Waals surface area contributed by atoms with Gasteiger partial charge in [-0.25, -0.2) is 0 Å². The number of hydrogen-bond acceptors (Lipinski definition) is 0. The van der Waals surface area contributed by atoms with Crippen molar-refractivity contribution >= 4 is 151 Å². The Hall–Kier alpha value is 3.25. The van der Waals surface area contributed by atoms with E-state index in [1.165, 1.54) is 0 Å². The quantitative estimate of drug-likeness (QED) is 0.179. The molecule has 29 heavy (non-hydrogen) atoms. The minimum atomic E-state index is -1.48. The summed E-state index contributed by atoms with van der Waals surface area (Å²) in [4.78, 5) is -2.45. The van der Waals surface area contributed by atoms with Gasteiger partial charge in [0.2, 0.25) is 0 Å². The fourth-order valence-electron chi connectivity index (χ4n) is 4.14. The summed E-state index contributed by atoms with van der Waals surface area (Å²) in [5.74, 6) is -0.470. The summed E-state index contributed by atoms with van der Waals surface area (Å²) in [6.45, 7) is 0. The summed E-state index contributed by atoms with van der Waals surface area (Å²) >= 11 is 79.7. The van der Waals surface area contributed by atoms with Crippen molar-refractivity contribution in [2.24, 2.45) is 11.8 Å². The van der Waals surface area contributed by atoms with Crippen molar-refractivity contribution in [1.82, 2.24) is 0 Å². The second-order valence-electron chi connectivity index (χ2n) is 7.17. The zero-order valence-electron chi connectivity index (χ0n) is 13.8. The van der Waals surface area contributed by atoms with Crippen LogP contribution in [-0.4, -0.2) is 51.7 Å². The molecule has 0 saturated heterocycles. The number of rotatable bonds is 0. The summed E-state index contributed by atoms with van der Waals surface area (Å²) < 4.78 is -1.48. The Bertz CT molecular complexity index is 678. The molecule has 2 bridgehead atoms. The summed E-state index contributed by atoms with van der Waals surface area (Å²) in [5, 5.41) is -2.51. The van der Waals surface area contributed by atoms with Gasteiger partial charge in [0.15, 0.2) is 4.33 Å². The molecule has 4 aliphatic carbocycles. The fraction of sp³-hybridized carbons (Fsp3) is 0.750. The molecular formula is C16H11Cl13. The SMILES string of the molecule is ClC1=C(Cl)C2(Cl)C3C(Cl)C=CC3C1(Cl)C2(Cl)Cl.Cl[C@H]1[C@H](Cl)[C@@H](Cl)[C@@H](Cl)[C@H](Cl)[C@H]1Cl. The molecule has 2 saturated carbocycles. The molecule has 0 aromatic carbocycles. The van der Waals surface area contributed by atoms with E-state index in [9.17, 15) is 0 Å². The van der Waals surface area contributed by atoms with Crippen LogP contribution in [0.4, 0.5) is 0 Å². The van der Waals surface area contributed by atoms with Crippen molar-refractivity contribution in [3.05, 3.63) is 22.2 Å². The van der Waals surface area contributed by atoms with Crippen LogP contribution < -0.4 is 0 Å². The maximum atomic E-state index is 6.57. The van der Waals surface area contributed by atoms with Crippen LogP contribution in [0.15, 0.2) is 22.2 Å². The summed E-state index contributed by atoms with van der Waals surface area (Å²) in [6, 6.07) is 0. The van der Waals surface area contributed by atoms with Gasteiger partial charge in [-0.1, -0.05) is 58.6 Å². The molecule has 0 spiro atoms. The van der Waals surface area contributed by atoms with Crippen LogP contribution in [0.1, 0.15) is 0 Å². The molecule has 0 nitrogen and oxygen atoms in total. The predicted octanol–water partition coefficient (Wildman–Crippen LogP) is 8.89. The summed E-state index contributed by atoms with van der Waals surface area (Å²) in [7, 11) is 0. The average Bonchev–Trinajstić information content (AvgIpc) is 3.16. The Labute approximate surface area is 234 Å². The van der Waals surface area contributed by atoms with E-state index in [1.54, 1.807) is 0 Å². The second-order valence-corrected chi connectivity index (χ2v) is 14.0. The van der Waals surface area contributed by atoms with Gasteiger partial charge in [-0.3, -0.25) is 0 Å². The summed E-state index contributed by atoms with van der Waals surface area (Å²) in [5.41, 5.74) is 0. The number of alkyl halides is 11. The maximum absolute atomic E-state index is 6.57. The van der Waals surface area contributed by atoms with Gasteiger partial charge in [0.1, 0.15) is 9.75 Å². The van der Waals surface area contributed by atoms with Crippen LogP contribution in [0.3, 0.4) is 0 Å². The molecule has 0 radical (unpaired) electrons. The van der Waals surface area contributed by atoms with E-state index >= 15 is 0 Å². The van der Waals surface area contributed by atoms with E-state index in [0.29, 0.717) is 0 Å². The lowest BCUT2D eigenvalue weighted by Crippen LogP contribution is -2.52. The molecule has 4 rings (SSSR count). The smallest absolute Gasteiger partial charge is 0.120 e. The Kier molecular flexibility index (Phi) is 8.37. The van der Waals surface area contributed by atoms with Crippen molar-refractivity contribution in [3.8, 4) is 0 Å². The van der Waals surface area contributed by atoms with E-state index < -0.39 is 46.3 Å².